The molecule has 0 bridgehead atoms. The molecule has 0 aromatic rings. The van der Waals surface area contributed by atoms with Crippen molar-refractivity contribution >= 4 is 11.8 Å². The van der Waals surface area contributed by atoms with Gasteiger partial charge in [0.25, 0.3) is 0 Å². The number of hydrogen-bond acceptors (Lipinski definition) is 3. The van der Waals surface area contributed by atoms with Crippen LogP contribution in [0.5, 0.6) is 0 Å². The van der Waals surface area contributed by atoms with Gasteiger partial charge in [0.15, 0.2) is 0 Å². The summed E-state index contributed by atoms with van der Waals surface area (Å²) >= 11 is 1.98. The second-order valence-corrected chi connectivity index (χ2v) is 4.73. The highest BCUT2D eigenvalue weighted by atomic mass is 32.2. The average Bonchev–Trinajstić information content (AvgIpc) is 1.81. The van der Waals surface area contributed by atoms with Crippen molar-refractivity contribution in [2.45, 2.75) is 30.2 Å². The van der Waals surface area contributed by atoms with E-state index in [0.717, 1.165) is 24.4 Å². The predicted octanol–water partition coefficient (Wildman–Crippen LogP) is 0.557. The van der Waals surface area contributed by atoms with Crippen molar-refractivity contribution in [3.05, 3.63) is 0 Å². The highest BCUT2D eigenvalue weighted by Crippen LogP contribution is 2.35. The van der Waals surface area contributed by atoms with E-state index in [9.17, 15) is 0 Å². The van der Waals surface area contributed by atoms with Gasteiger partial charge < -0.3 is 5.11 Å². The van der Waals surface area contributed by atoms with E-state index in [0.29, 0.717) is 0 Å². The minimum absolute atomic E-state index is 0.0247. The maximum absolute atomic E-state index is 9.06. The molecule has 0 radical (unpaired) electrons. The molecule has 0 spiro atoms. The second kappa shape index (κ2) is 2.96. The van der Waals surface area contributed by atoms with Gasteiger partial charge in [-0.05, 0) is 19.1 Å². The highest BCUT2D eigenvalue weighted by molar-refractivity contribution is 7.99. The maximum atomic E-state index is 9.06. The molecular formula is C8H15NOS. The van der Waals surface area contributed by atoms with Crippen LogP contribution in [0.1, 0.15) is 12.8 Å². The monoisotopic (exact) mass is 173 g/mol. The molecule has 1 saturated carbocycles. The van der Waals surface area contributed by atoms with Gasteiger partial charge in [0.2, 0.25) is 0 Å². The van der Waals surface area contributed by atoms with Crippen molar-refractivity contribution in [2.75, 3.05) is 19.3 Å². The van der Waals surface area contributed by atoms with E-state index >= 15 is 0 Å². The van der Waals surface area contributed by atoms with Gasteiger partial charge in [0.1, 0.15) is 0 Å². The molecule has 2 rings (SSSR count). The van der Waals surface area contributed by atoms with Gasteiger partial charge in [-0.1, -0.05) is 0 Å². The lowest BCUT2D eigenvalue weighted by molar-refractivity contribution is -0.0425. The summed E-state index contributed by atoms with van der Waals surface area (Å²) in [6.07, 6.45) is 4.84. The van der Waals surface area contributed by atoms with E-state index in [2.05, 4.69) is 11.2 Å². The number of aliphatic hydroxyl groups excluding tert-OH is 1. The minimum atomic E-state index is -0.0247. The van der Waals surface area contributed by atoms with Crippen molar-refractivity contribution in [1.29, 1.82) is 0 Å². The van der Waals surface area contributed by atoms with Crippen molar-refractivity contribution in [3.63, 3.8) is 0 Å². The summed E-state index contributed by atoms with van der Waals surface area (Å²) in [5.41, 5.74) is 0. The van der Waals surface area contributed by atoms with Crippen LogP contribution < -0.4 is 0 Å². The first kappa shape index (κ1) is 7.90. The van der Waals surface area contributed by atoms with Crippen LogP contribution in [-0.2, 0) is 0 Å². The lowest BCUT2D eigenvalue weighted by Gasteiger charge is -2.48. The fourth-order valence-corrected chi connectivity index (χ4v) is 2.64. The number of likely N-dealkylation sites (tertiary alicyclic amines) is 1. The summed E-state index contributed by atoms with van der Waals surface area (Å²) in [6.45, 7) is 1.84. The molecule has 2 nitrogen and oxygen atoms in total. The number of nitrogens with zero attached hydrogens (tertiary/aromatic N) is 1. The van der Waals surface area contributed by atoms with Crippen LogP contribution in [0.25, 0.3) is 0 Å². The average molecular weight is 173 g/mol. The molecule has 0 amide bonds. The Morgan fingerprint density at radius 3 is 2.45 bits per heavy atom. The van der Waals surface area contributed by atoms with Crippen molar-refractivity contribution in [2.24, 2.45) is 0 Å². The quantitative estimate of drug-likeness (QED) is 0.660. The molecule has 1 saturated heterocycles. The van der Waals surface area contributed by atoms with Crippen LogP contribution in [0.3, 0.4) is 0 Å². The number of rotatable bonds is 2. The fraction of sp³-hybridized carbons (Fsp3) is 1.00. The largest absolute Gasteiger partial charge is 0.390 e. The molecule has 0 atom stereocenters. The van der Waals surface area contributed by atoms with Crippen LogP contribution in [-0.4, -0.2) is 46.7 Å². The second-order valence-electron chi connectivity index (χ2n) is 3.59. The van der Waals surface area contributed by atoms with Gasteiger partial charge in [-0.2, -0.15) is 11.8 Å². The molecule has 1 heterocycles. The van der Waals surface area contributed by atoms with Crippen LogP contribution >= 0.6 is 11.8 Å². The lowest BCUT2D eigenvalue weighted by Crippen LogP contribution is -2.59. The van der Waals surface area contributed by atoms with E-state index < -0.39 is 0 Å². The Morgan fingerprint density at radius 1 is 1.36 bits per heavy atom. The Morgan fingerprint density at radius 2 is 2.00 bits per heavy atom. The highest BCUT2D eigenvalue weighted by Gasteiger charge is 2.38. The van der Waals surface area contributed by atoms with E-state index in [1.165, 1.54) is 12.8 Å². The Kier molecular flexibility index (Phi) is 2.12. The van der Waals surface area contributed by atoms with E-state index in [1.807, 2.05) is 11.8 Å². The number of β-amino-alcohol motifs (C(OH)–C–C–N with tert-alkyl or cyclic N) is 1. The summed E-state index contributed by atoms with van der Waals surface area (Å²) < 4.78 is 0. The first-order valence-electron chi connectivity index (χ1n) is 4.24. The van der Waals surface area contributed by atoms with Crippen LogP contribution in [0, 0.1) is 0 Å². The molecule has 11 heavy (non-hydrogen) atoms. The van der Waals surface area contributed by atoms with Crippen molar-refractivity contribution in [1.82, 2.24) is 4.90 Å². The normalized spacial score (nSPS) is 39.8. The molecule has 1 aliphatic carbocycles. The van der Waals surface area contributed by atoms with Gasteiger partial charge in [0.05, 0.1) is 6.10 Å². The van der Waals surface area contributed by atoms with Crippen molar-refractivity contribution < 1.29 is 5.11 Å². The zero-order chi connectivity index (χ0) is 7.84. The molecule has 3 heteroatoms. The lowest BCUT2D eigenvalue weighted by atomic mass is 9.88. The summed E-state index contributed by atoms with van der Waals surface area (Å²) in [7, 11) is 0. The van der Waals surface area contributed by atoms with Gasteiger partial charge >= 0.3 is 0 Å². The Labute approximate surface area is 72.0 Å². The summed E-state index contributed by atoms with van der Waals surface area (Å²) in [4.78, 5) is 2.40. The standard InChI is InChI=1S/C8H15NOS/c1-11-8-2-6(3-8)9-4-7(10)5-9/h6-8,10H,2-5H2,1H3. The number of hydrogen-bond donors (Lipinski definition) is 1. The maximum Gasteiger partial charge on any atom is 0.0794 e. The van der Waals surface area contributed by atoms with Gasteiger partial charge in [0, 0.05) is 24.4 Å². The molecule has 0 aromatic heterocycles. The smallest absolute Gasteiger partial charge is 0.0794 e. The Bertz CT molecular complexity index is 141. The molecule has 0 aromatic carbocycles. The molecule has 1 N–H and O–H groups in total. The SMILES string of the molecule is CSC1CC(N2CC(O)C2)C1. The number of thioether (sulfide) groups is 1. The van der Waals surface area contributed by atoms with Crippen molar-refractivity contribution in [3.8, 4) is 0 Å². The first-order valence-corrected chi connectivity index (χ1v) is 5.53. The van der Waals surface area contributed by atoms with E-state index in [4.69, 9.17) is 5.11 Å². The molecular weight excluding hydrogens is 158 g/mol. The van der Waals surface area contributed by atoms with Crippen LogP contribution in [0.15, 0.2) is 0 Å². The predicted molar refractivity (Wildman–Crippen MR) is 47.9 cm³/mol. The van der Waals surface area contributed by atoms with Gasteiger partial charge in [-0.25, -0.2) is 0 Å². The van der Waals surface area contributed by atoms with Crippen LogP contribution in [0.4, 0.5) is 0 Å². The minimum Gasteiger partial charge on any atom is -0.390 e. The van der Waals surface area contributed by atoms with Gasteiger partial charge in [-0.3, -0.25) is 4.90 Å². The third-order valence-electron chi connectivity index (χ3n) is 2.81. The zero-order valence-corrected chi connectivity index (χ0v) is 7.68. The fourth-order valence-electron chi connectivity index (χ4n) is 1.81. The molecule has 2 fully saturated rings. The zero-order valence-electron chi connectivity index (χ0n) is 6.86. The van der Waals surface area contributed by atoms with E-state index in [-0.39, 0.29) is 6.10 Å². The summed E-state index contributed by atoms with van der Waals surface area (Å²) in [6, 6.07) is 0.802. The Hall–Kier alpha value is 0.270. The number of aliphatic hydroxyl groups is 1. The van der Waals surface area contributed by atoms with Gasteiger partial charge in [-0.15, -0.1) is 0 Å². The first-order chi connectivity index (χ1) is 5.29. The molecule has 64 valence electrons. The third-order valence-corrected chi connectivity index (χ3v) is 3.86. The molecule has 0 unspecified atom stereocenters. The Balaban J connectivity index is 1.67. The van der Waals surface area contributed by atoms with E-state index in [1.54, 1.807) is 0 Å². The summed E-state index contributed by atoms with van der Waals surface area (Å²) in [5.74, 6) is 0. The molecule has 2 aliphatic rings. The van der Waals surface area contributed by atoms with Crippen LogP contribution in [0.2, 0.25) is 0 Å². The molecule has 1 aliphatic heterocycles. The third kappa shape index (κ3) is 1.42. The topological polar surface area (TPSA) is 23.5 Å². The summed E-state index contributed by atoms with van der Waals surface area (Å²) in [5, 5.41) is 9.96.